The molecule has 1 N–H and O–H groups in total. The molecule has 1 aromatic rings. The van der Waals surface area contributed by atoms with Gasteiger partial charge in [0.2, 0.25) is 0 Å². The fraction of sp³-hybridized carbons (Fsp3) is 0.571. The molecule has 0 aromatic heterocycles. The van der Waals surface area contributed by atoms with Crippen molar-refractivity contribution in [2.45, 2.75) is 33.3 Å². The monoisotopic (exact) mass is 222 g/mol. The Balaban J connectivity index is 2.24. The van der Waals surface area contributed by atoms with Crippen molar-refractivity contribution in [3.05, 3.63) is 35.9 Å². The number of hydrogen-bond acceptors (Lipinski definition) is 2. The van der Waals surface area contributed by atoms with E-state index in [1.54, 1.807) is 0 Å². The van der Waals surface area contributed by atoms with E-state index in [2.05, 4.69) is 20.8 Å². The summed E-state index contributed by atoms with van der Waals surface area (Å²) in [5.41, 5.74) is 1.20. The number of aliphatic hydroxyl groups excluding tert-OH is 1. The summed E-state index contributed by atoms with van der Waals surface area (Å²) in [5, 5.41) is 9.82. The summed E-state index contributed by atoms with van der Waals surface area (Å²) in [6.45, 7) is 7.63. The fourth-order valence-electron chi connectivity index (χ4n) is 1.34. The van der Waals surface area contributed by atoms with Crippen molar-refractivity contribution in [1.82, 2.24) is 0 Å². The van der Waals surface area contributed by atoms with E-state index < -0.39 is 6.10 Å². The minimum absolute atomic E-state index is 0.289. The maximum Gasteiger partial charge on any atom is 0.102 e. The average Bonchev–Trinajstić information content (AvgIpc) is 2.24. The second-order valence-corrected chi connectivity index (χ2v) is 5.31. The zero-order valence-corrected chi connectivity index (χ0v) is 10.4. The number of ether oxygens (including phenoxy) is 1. The van der Waals surface area contributed by atoms with E-state index in [-0.39, 0.29) is 5.41 Å². The second kappa shape index (κ2) is 6.02. The van der Waals surface area contributed by atoms with Gasteiger partial charge in [0.15, 0.2) is 0 Å². The Labute approximate surface area is 98.3 Å². The summed E-state index contributed by atoms with van der Waals surface area (Å²) in [6.07, 6.45) is 0.496. The summed E-state index contributed by atoms with van der Waals surface area (Å²) in [7, 11) is 0. The third-order valence-electron chi connectivity index (χ3n) is 2.46. The molecule has 16 heavy (non-hydrogen) atoms. The van der Waals surface area contributed by atoms with Gasteiger partial charge in [-0.25, -0.2) is 0 Å². The molecule has 0 spiro atoms. The fourth-order valence-corrected chi connectivity index (χ4v) is 1.34. The van der Waals surface area contributed by atoms with Crippen LogP contribution in [0.1, 0.15) is 38.9 Å². The highest BCUT2D eigenvalue weighted by Crippen LogP contribution is 2.19. The van der Waals surface area contributed by atoms with Crippen LogP contribution < -0.4 is 0 Å². The molecular weight excluding hydrogens is 200 g/mol. The smallest absolute Gasteiger partial charge is 0.102 e. The summed E-state index contributed by atoms with van der Waals surface area (Å²) >= 11 is 0. The Morgan fingerprint density at radius 3 is 2.38 bits per heavy atom. The standard InChI is InChI=1S/C14H22O2/c1-14(2,3)9-10-16-11-13(15)12-7-5-4-6-8-12/h4-8,13,15H,9-11H2,1-3H3. The normalized spacial score (nSPS) is 13.8. The van der Waals surface area contributed by atoms with Crippen LogP contribution >= 0.6 is 0 Å². The predicted octanol–water partition coefficient (Wildman–Crippen LogP) is 3.17. The predicted molar refractivity (Wildman–Crippen MR) is 66.3 cm³/mol. The zero-order chi connectivity index (χ0) is 12.0. The van der Waals surface area contributed by atoms with Gasteiger partial charge in [-0.3, -0.25) is 0 Å². The van der Waals surface area contributed by atoms with Gasteiger partial charge in [0.05, 0.1) is 6.61 Å². The second-order valence-electron chi connectivity index (χ2n) is 5.31. The van der Waals surface area contributed by atoms with E-state index in [4.69, 9.17) is 4.74 Å². The molecule has 0 fully saturated rings. The van der Waals surface area contributed by atoms with Crippen LogP contribution in [-0.2, 0) is 4.74 Å². The highest BCUT2D eigenvalue weighted by molar-refractivity contribution is 5.17. The molecule has 0 heterocycles. The van der Waals surface area contributed by atoms with Gasteiger partial charge >= 0.3 is 0 Å². The Kier molecular flexibility index (Phi) is 4.97. The molecule has 0 aliphatic carbocycles. The first-order chi connectivity index (χ1) is 7.49. The molecule has 90 valence electrons. The highest BCUT2D eigenvalue weighted by Gasteiger charge is 2.11. The lowest BCUT2D eigenvalue weighted by Crippen LogP contribution is -2.13. The van der Waals surface area contributed by atoms with Crippen molar-refractivity contribution in [3.63, 3.8) is 0 Å². The summed E-state index contributed by atoms with van der Waals surface area (Å²) < 4.78 is 5.48. The van der Waals surface area contributed by atoms with Gasteiger partial charge in [-0.2, -0.15) is 0 Å². The number of rotatable bonds is 5. The van der Waals surface area contributed by atoms with Crippen LogP contribution in [0.2, 0.25) is 0 Å². The molecule has 1 aromatic carbocycles. The molecule has 2 nitrogen and oxygen atoms in total. The van der Waals surface area contributed by atoms with Gasteiger partial charge in [-0.1, -0.05) is 51.1 Å². The lowest BCUT2D eigenvalue weighted by Gasteiger charge is -2.18. The molecule has 1 unspecified atom stereocenters. The van der Waals surface area contributed by atoms with Gasteiger partial charge in [0.25, 0.3) is 0 Å². The molecule has 0 aliphatic heterocycles. The van der Waals surface area contributed by atoms with E-state index in [9.17, 15) is 5.11 Å². The molecule has 1 rings (SSSR count). The van der Waals surface area contributed by atoms with E-state index in [0.29, 0.717) is 13.2 Å². The van der Waals surface area contributed by atoms with Crippen LogP contribution in [0.15, 0.2) is 30.3 Å². The van der Waals surface area contributed by atoms with Crippen molar-refractivity contribution >= 4 is 0 Å². The van der Waals surface area contributed by atoms with Crippen LogP contribution in [0.5, 0.6) is 0 Å². The Morgan fingerprint density at radius 1 is 1.19 bits per heavy atom. The van der Waals surface area contributed by atoms with E-state index in [0.717, 1.165) is 12.0 Å². The van der Waals surface area contributed by atoms with E-state index >= 15 is 0 Å². The van der Waals surface area contributed by atoms with Crippen LogP contribution in [0.4, 0.5) is 0 Å². The number of hydrogen-bond donors (Lipinski definition) is 1. The van der Waals surface area contributed by atoms with Crippen LogP contribution in [0.3, 0.4) is 0 Å². The first-order valence-electron chi connectivity index (χ1n) is 5.80. The molecule has 0 bridgehead atoms. The summed E-state index contributed by atoms with van der Waals surface area (Å²) in [6, 6.07) is 9.62. The third kappa shape index (κ3) is 5.29. The number of aliphatic hydroxyl groups is 1. The zero-order valence-electron chi connectivity index (χ0n) is 10.4. The Morgan fingerprint density at radius 2 is 1.81 bits per heavy atom. The van der Waals surface area contributed by atoms with E-state index in [1.807, 2.05) is 30.3 Å². The van der Waals surface area contributed by atoms with Crippen molar-refractivity contribution in [1.29, 1.82) is 0 Å². The number of benzene rings is 1. The van der Waals surface area contributed by atoms with E-state index in [1.165, 1.54) is 0 Å². The van der Waals surface area contributed by atoms with Crippen molar-refractivity contribution in [2.24, 2.45) is 5.41 Å². The lowest BCUT2D eigenvalue weighted by molar-refractivity contribution is 0.0263. The Hall–Kier alpha value is -0.860. The average molecular weight is 222 g/mol. The highest BCUT2D eigenvalue weighted by atomic mass is 16.5. The topological polar surface area (TPSA) is 29.5 Å². The maximum absolute atomic E-state index is 9.82. The van der Waals surface area contributed by atoms with Crippen molar-refractivity contribution in [2.75, 3.05) is 13.2 Å². The van der Waals surface area contributed by atoms with Crippen LogP contribution in [0, 0.1) is 5.41 Å². The van der Waals surface area contributed by atoms with Gasteiger partial charge in [-0.05, 0) is 17.4 Å². The molecule has 0 amide bonds. The van der Waals surface area contributed by atoms with Crippen LogP contribution in [-0.4, -0.2) is 18.3 Å². The molecule has 0 radical (unpaired) electrons. The van der Waals surface area contributed by atoms with Gasteiger partial charge in [0, 0.05) is 6.61 Å². The molecule has 0 saturated heterocycles. The molecule has 2 heteroatoms. The lowest BCUT2D eigenvalue weighted by atomic mass is 9.93. The molecule has 0 aliphatic rings. The quantitative estimate of drug-likeness (QED) is 0.775. The first-order valence-corrected chi connectivity index (χ1v) is 5.80. The molecule has 1 atom stereocenters. The van der Waals surface area contributed by atoms with Crippen molar-refractivity contribution in [3.8, 4) is 0 Å². The van der Waals surface area contributed by atoms with Crippen molar-refractivity contribution < 1.29 is 9.84 Å². The minimum atomic E-state index is -0.513. The first kappa shape index (κ1) is 13.2. The largest absolute Gasteiger partial charge is 0.386 e. The third-order valence-corrected chi connectivity index (χ3v) is 2.46. The summed E-state index contributed by atoms with van der Waals surface area (Å²) in [4.78, 5) is 0. The SMILES string of the molecule is CC(C)(C)CCOCC(O)c1ccccc1. The van der Waals surface area contributed by atoms with Gasteiger partial charge in [0.1, 0.15) is 6.10 Å². The Bertz CT molecular complexity index is 287. The molecular formula is C14H22O2. The van der Waals surface area contributed by atoms with Gasteiger partial charge in [-0.15, -0.1) is 0 Å². The molecule has 0 saturated carbocycles. The minimum Gasteiger partial charge on any atom is -0.386 e. The van der Waals surface area contributed by atoms with Crippen LogP contribution in [0.25, 0.3) is 0 Å². The van der Waals surface area contributed by atoms with Gasteiger partial charge < -0.3 is 9.84 Å². The maximum atomic E-state index is 9.82. The summed E-state index contributed by atoms with van der Waals surface area (Å²) in [5.74, 6) is 0.